The van der Waals surface area contributed by atoms with Gasteiger partial charge >= 0.3 is 0 Å². The summed E-state index contributed by atoms with van der Waals surface area (Å²) in [5, 5.41) is 0. The molecule has 0 amide bonds. The van der Waals surface area contributed by atoms with Gasteiger partial charge in [-0.05, 0) is 33.1 Å². The van der Waals surface area contributed by atoms with Gasteiger partial charge in [0, 0.05) is 0 Å². The first-order valence-corrected chi connectivity index (χ1v) is 6.23. The van der Waals surface area contributed by atoms with E-state index in [2.05, 4.69) is 34.6 Å². The molecule has 0 bridgehead atoms. The fourth-order valence-corrected chi connectivity index (χ4v) is 1.76. The maximum Gasteiger partial charge on any atom is -0.0232 e. The van der Waals surface area contributed by atoms with E-state index in [-0.39, 0.29) is 0 Å². The van der Waals surface area contributed by atoms with E-state index in [0.717, 1.165) is 5.92 Å². The van der Waals surface area contributed by atoms with Crippen molar-refractivity contribution in [3.8, 4) is 0 Å². The molecule has 0 aromatic rings. The third kappa shape index (κ3) is 6.23. The minimum absolute atomic E-state index is 0.793. The minimum Gasteiger partial charge on any atom is -0.0772 e. The predicted octanol–water partition coefficient (Wildman–Crippen LogP) is 5.34. The molecule has 14 heavy (non-hydrogen) atoms. The van der Waals surface area contributed by atoms with E-state index in [9.17, 15) is 0 Å². The molecule has 0 N–H and O–H groups in total. The van der Waals surface area contributed by atoms with Crippen LogP contribution in [0, 0.1) is 5.92 Å². The van der Waals surface area contributed by atoms with E-state index < -0.39 is 0 Å². The fourth-order valence-electron chi connectivity index (χ4n) is 1.76. The van der Waals surface area contributed by atoms with E-state index in [1.807, 2.05) is 0 Å². The molecule has 1 unspecified atom stereocenters. The predicted molar refractivity (Wildman–Crippen MR) is 66.6 cm³/mol. The Bertz CT molecular complexity index is 161. The summed E-state index contributed by atoms with van der Waals surface area (Å²) in [6, 6.07) is 0. The Morgan fingerprint density at radius 3 is 2.00 bits per heavy atom. The molecule has 84 valence electrons. The summed E-state index contributed by atoms with van der Waals surface area (Å²) < 4.78 is 0. The van der Waals surface area contributed by atoms with Crippen LogP contribution >= 0.6 is 0 Å². The van der Waals surface area contributed by atoms with Crippen molar-refractivity contribution in [1.82, 2.24) is 0 Å². The van der Waals surface area contributed by atoms with Gasteiger partial charge in [0.15, 0.2) is 0 Å². The first kappa shape index (κ1) is 13.7. The second-order valence-corrected chi connectivity index (χ2v) is 4.79. The first-order valence-electron chi connectivity index (χ1n) is 6.23. The zero-order valence-corrected chi connectivity index (χ0v) is 10.8. The van der Waals surface area contributed by atoms with Gasteiger partial charge in [-0.1, -0.05) is 57.1 Å². The molecule has 0 aromatic carbocycles. The smallest absolute Gasteiger partial charge is 0.0232 e. The summed E-state index contributed by atoms with van der Waals surface area (Å²) in [5.41, 5.74) is 3.10. The second kappa shape index (κ2) is 8.08. The summed E-state index contributed by atoms with van der Waals surface area (Å²) in [6.07, 6.45) is 8.40. The van der Waals surface area contributed by atoms with Gasteiger partial charge in [-0.25, -0.2) is 0 Å². The van der Waals surface area contributed by atoms with Gasteiger partial charge in [0.25, 0.3) is 0 Å². The second-order valence-electron chi connectivity index (χ2n) is 4.79. The molecular formula is C14H28. The minimum atomic E-state index is 0.793. The molecule has 0 heterocycles. The average molecular weight is 196 g/mol. The largest absolute Gasteiger partial charge is 0.0772 e. The lowest BCUT2D eigenvalue weighted by Gasteiger charge is -2.13. The lowest BCUT2D eigenvalue weighted by molar-refractivity contribution is 0.532. The highest BCUT2D eigenvalue weighted by molar-refractivity contribution is 5.09. The molecular weight excluding hydrogens is 168 g/mol. The highest BCUT2D eigenvalue weighted by Crippen LogP contribution is 2.20. The van der Waals surface area contributed by atoms with Crippen LogP contribution in [0.3, 0.4) is 0 Å². The molecule has 0 fully saturated rings. The van der Waals surface area contributed by atoms with Crippen LogP contribution in [0.15, 0.2) is 11.1 Å². The number of hydrogen-bond donors (Lipinski definition) is 0. The van der Waals surface area contributed by atoms with Gasteiger partial charge in [0.2, 0.25) is 0 Å². The summed E-state index contributed by atoms with van der Waals surface area (Å²) in [6.45, 7) is 11.4. The van der Waals surface area contributed by atoms with Gasteiger partial charge in [-0.2, -0.15) is 0 Å². The summed E-state index contributed by atoms with van der Waals surface area (Å²) in [5.74, 6) is 0.793. The lowest BCUT2D eigenvalue weighted by atomic mass is 9.93. The van der Waals surface area contributed by atoms with Gasteiger partial charge in [0.05, 0.1) is 0 Å². The molecule has 0 rings (SSSR count). The number of rotatable bonds is 7. The Balaban J connectivity index is 3.54. The van der Waals surface area contributed by atoms with Crippen molar-refractivity contribution in [2.75, 3.05) is 0 Å². The van der Waals surface area contributed by atoms with Crippen LogP contribution in [0.2, 0.25) is 0 Å². The van der Waals surface area contributed by atoms with Crippen molar-refractivity contribution in [2.45, 2.75) is 73.1 Å². The topological polar surface area (TPSA) is 0 Å². The van der Waals surface area contributed by atoms with Crippen LogP contribution in [-0.2, 0) is 0 Å². The molecule has 0 saturated carbocycles. The lowest BCUT2D eigenvalue weighted by Crippen LogP contribution is -1.98. The van der Waals surface area contributed by atoms with Crippen molar-refractivity contribution in [3.63, 3.8) is 0 Å². The van der Waals surface area contributed by atoms with Gasteiger partial charge in [0.1, 0.15) is 0 Å². The molecule has 0 heteroatoms. The van der Waals surface area contributed by atoms with E-state index >= 15 is 0 Å². The van der Waals surface area contributed by atoms with Gasteiger partial charge in [-0.3, -0.25) is 0 Å². The Labute approximate surface area is 90.8 Å². The van der Waals surface area contributed by atoms with Crippen LogP contribution in [0.4, 0.5) is 0 Å². The summed E-state index contributed by atoms with van der Waals surface area (Å²) >= 11 is 0. The van der Waals surface area contributed by atoms with E-state index in [1.54, 1.807) is 5.57 Å². The fraction of sp³-hybridized carbons (Fsp3) is 0.857. The van der Waals surface area contributed by atoms with E-state index in [0.29, 0.717) is 0 Å². The monoisotopic (exact) mass is 196 g/mol. The normalized spacial score (nSPS) is 12.6. The molecule has 0 spiro atoms. The summed E-state index contributed by atoms with van der Waals surface area (Å²) in [7, 11) is 0. The van der Waals surface area contributed by atoms with Crippen LogP contribution in [0.1, 0.15) is 73.1 Å². The number of unbranched alkanes of at least 4 members (excludes halogenated alkanes) is 4. The van der Waals surface area contributed by atoms with Crippen LogP contribution in [-0.4, -0.2) is 0 Å². The molecule has 0 nitrogen and oxygen atoms in total. The molecule has 1 atom stereocenters. The SMILES string of the molecule is CCCCCCCC(C)C(C)=C(C)C. The molecule has 0 aliphatic heterocycles. The molecule has 0 aromatic heterocycles. The Kier molecular flexibility index (Phi) is 7.93. The zero-order chi connectivity index (χ0) is 11.0. The van der Waals surface area contributed by atoms with Gasteiger partial charge < -0.3 is 0 Å². The molecule has 0 aliphatic rings. The van der Waals surface area contributed by atoms with Crippen molar-refractivity contribution in [3.05, 3.63) is 11.1 Å². The summed E-state index contributed by atoms with van der Waals surface area (Å²) in [4.78, 5) is 0. The van der Waals surface area contributed by atoms with Crippen molar-refractivity contribution >= 4 is 0 Å². The average Bonchev–Trinajstić information content (AvgIpc) is 2.16. The Morgan fingerprint density at radius 1 is 0.929 bits per heavy atom. The van der Waals surface area contributed by atoms with Crippen LogP contribution in [0.25, 0.3) is 0 Å². The maximum atomic E-state index is 2.36. The standard InChI is InChI=1S/C14H28/c1-6-7-8-9-10-11-13(4)14(5)12(2)3/h13H,6-11H2,1-5H3. The number of allylic oxidation sites excluding steroid dienone is 2. The highest BCUT2D eigenvalue weighted by atomic mass is 14.1. The number of hydrogen-bond acceptors (Lipinski definition) is 0. The van der Waals surface area contributed by atoms with Gasteiger partial charge in [-0.15, -0.1) is 0 Å². The van der Waals surface area contributed by atoms with Crippen LogP contribution < -0.4 is 0 Å². The van der Waals surface area contributed by atoms with Crippen LogP contribution in [0.5, 0.6) is 0 Å². The van der Waals surface area contributed by atoms with Crippen molar-refractivity contribution in [2.24, 2.45) is 5.92 Å². The molecule has 0 aliphatic carbocycles. The maximum absolute atomic E-state index is 2.36. The van der Waals surface area contributed by atoms with E-state index in [1.165, 1.54) is 44.1 Å². The Hall–Kier alpha value is -0.260. The Morgan fingerprint density at radius 2 is 1.50 bits per heavy atom. The highest BCUT2D eigenvalue weighted by Gasteiger charge is 2.04. The zero-order valence-electron chi connectivity index (χ0n) is 10.8. The van der Waals surface area contributed by atoms with Crippen molar-refractivity contribution < 1.29 is 0 Å². The van der Waals surface area contributed by atoms with Crippen molar-refractivity contribution in [1.29, 1.82) is 0 Å². The quantitative estimate of drug-likeness (QED) is 0.381. The third-order valence-electron chi connectivity index (χ3n) is 3.27. The molecule has 0 saturated heterocycles. The molecule has 0 radical (unpaired) electrons. The first-order chi connectivity index (χ1) is 6.59. The van der Waals surface area contributed by atoms with E-state index in [4.69, 9.17) is 0 Å². The third-order valence-corrected chi connectivity index (χ3v) is 3.27.